The Hall–Kier alpha value is -7.53. The van der Waals surface area contributed by atoms with E-state index in [0.29, 0.717) is 5.56 Å². The number of esters is 5. The van der Waals surface area contributed by atoms with E-state index < -0.39 is 119 Å². The van der Waals surface area contributed by atoms with Gasteiger partial charge in [-0.05, 0) is 154 Å². The first-order valence-electron chi connectivity index (χ1n) is 31.6. The Labute approximate surface area is 531 Å². The molecule has 3 aromatic carbocycles. The Morgan fingerprint density at radius 3 is 1.70 bits per heavy atom. The van der Waals surface area contributed by atoms with Gasteiger partial charge in [-0.1, -0.05) is 139 Å². The Morgan fingerprint density at radius 2 is 1.18 bits per heavy atom. The van der Waals surface area contributed by atoms with E-state index in [4.69, 9.17) is 28.4 Å². The van der Waals surface area contributed by atoms with Crippen molar-refractivity contribution >= 4 is 41.5 Å². The van der Waals surface area contributed by atoms with Crippen LogP contribution in [0.15, 0.2) is 160 Å². The van der Waals surface area contributed by atoms with Crippen molar-refractivity contribution in [1.82, 2.24) is 5.32 Å². The average molecular weight is 1240 g/mol. The van der Waals surface area contributed by atoms with E-state index in [1.165, 1.54) is 41.3 Å². The summed E-state index contributed by atoms with van der Waals surface area (Å²) in [5.41, 5.74) is -0.964. The topological polar surface area (TPSA) is 227 Å². The standard InChI is InChI=1S/C74H93NO15/c1-46(2)27-24-30-49(5)33-25-31-47(3)28-22-23-29-48(4)32-26-34-50(6)41-42-60(79)88-64(62(54-35-16-13-17-36-54)75-68(81)55-37-18-14-19-38-55)70(83)87-57-44-74(84)67(89-69(82)56-39-20-15-21-40-56)65-72(12,58(78)43-59-73(65,45-85-59)90-53(9)77)66(80)63(86-52(8)76)61(51(57)7)71(74,10)11/h13-21,27-29,33-40,57-59,62-65,67,78,84H,22-26,30-32,41-45H2,1-12H3,(H,75,81)/b47-28+,48-29+,49-33+,50-34+/t57-,58-,59+,62-,63+,64+,65-,67-,72+,73-,74+/m0/s1. The van der Waals surface area contributed by atoms with Gasteiger partial charge in [0, 0.05) is 44.1 Å². The van der Waals surface area contributed by atoms with Gasteiger partial charge in [-0.25, -0.2) is 9.59 Å². The highest BCUT2D eigenvalue weighted by Gasteiger charge is 2.78. The summed E-state index contributed by atoms with van der Waals surface area (Å²) in [6.45, 7) is 20.7. The quantitative estimate of drug-likeness (QED) is 0.0294. The molecule has 1 amide bonds. The molecule has 3 aromatic rings. The van der Waals surface area contributed by atoms with Crippen molar-refractivity contribution in [2.45, 2.75) is 214 Å². The number of Topliss-reactive ketones (excluding diaryl/α,β-unsaturated/α-hetero) is 1. The van der Waals surface area contributed by atoms with Gasteiger partial charge in [-0.15, -0.1) is 0 Å². The number of ketones is 1. The molecule has 2 bridgehead atoms. The molecule has 3 aliphatic carbocycles. The number of hydrogen-bond donors (Lipinski definition) is 3. The number of hydrogen-bond acceptors (Lipinski definition) is 15. The molecule has 3 fully saturated rings. The molecule has 1 aliphatic heterocycles. The Bertz CT molecular complexity index is 3280. The largest absolute Gasteiger partial charge is 0.455 e. The summed E-state index contributed by atoms with van der Waals surface area (Å²) in [6, 6.07) is 23.2. The predicted molar refractivity (Wildman–Crippen MR) is 342 cm³/mol. The van der Waals surface area contributed by atoms with E-state index in [-0.39, 0.29) is 48.1 Å². The van der Waals surface area contributed by atoms with Crippen LogP contribution in [0, 0.1) is 16.7 Å². The Kier molecular flexibility index (Phi) is 23.7. The fourth-order valence-corrected chi connectivity index (χ4v) is 13.5. The highest BCUT2D eigenvalue weighted by molar-refractivity contribution is 5.96. The molecule has 0 aromatic heterocycles. The SMILES string of the molecule is CC(=O)O[C@H]1C(=O)[C@@]2(C)[C@H]([C@H](OC(=O)c3ccccc3)[C@]3(O)C[C@H](OC(=O)[C@H](OC(=O)CC/C(C)=C/CC/C(C)=C/CC/C=C(\C)CC/C=C(\C)CCC=C(C)C)[C@@H](NC(=O)c4ccccc4)c4ccccc4)C(C)=C1C3(C)C)[C@]1(OC(C)=O)CO[C@@H]1C[C@@H]2O. The van der Waals surface area contributed by atoms with Crippen LogP contribution in [0.5, 0.6) is 0 Å². The average Bonchev–Trinajstić information content (AvgIpc) is 0.671. The van der Waals surface area contributed by atoms with Crippen molar-refractivity contribution in [2.24, 2.45) is 16.7 Å². The highest BCUT2D eigenvalue weighted by Crippen LogP contribution is 2.64. The first kappa shape index (κ1) is 69.9. The summed E-state index contributed by atoms with van der Waals surface area (Å²) in [5, 5.41) is 29.4. The minimum absolute atomic E-state index is 0.0211. The van der Waals surface area contributed by atoms with Crippen LogP contribution in [0.4, 0.5) is 0 Å². The molecule has 16 heteroatoms. The predicted octanol–water partition coefficient (Wildman–Crippen LogP) is 12.9. The van der Waals surface area contributed by atoms with E-state index in [2.05, 4.69) is 70.3 Å². The fourth-order valence-electron chi connectivity index (χ4n) is 13.5. The third-order valence-corrected chi connectivity index (χ3v) is 18.7. The number of carbonyl (C=O) groups is 7. The number of benzene rings is 3. The highest BCUT2D eigenvalue weighted by atomic mass is 16.6. The van der Waals surface area contributed by atoms with Crippen molar-refractivity contribution in [2.75, 3.05) is 6.61 Å². The lowest BCUT2D eigenvalue weighted by Gasteiger charge is -2.67. The van der Waals surface area contributed by atoms with Gasteiger partial charge >= 0.3 is 29.8 Å². The zero-order valence-corrected chi connectivity index (χ0v) is 54.6. The lowest BCUT2D eigenvalue weighted by Crippen LogP contribution is -2.82. The Balaban J connectivity index is 1.20. The molecule has 90 heavy (non-hydrogen) atoms. The molecule has 0 spiro atoms. The van der Waals surface area contributed by atoms with Crippen molar-refractivity contribution in [3.05, 3.63) is 177 Å². The number of aliphatic hydroxyl groups is 2. The van der Waals surface area contributed by atoms with Crippen LogP contribution in [0.2, 0.25) is 0 Å². The monoisotopic (exact) mass is 1240 g/mol. The summed E-state index contributed by atoms with van der Waals surface area (Å²) in [5.74, 6) is -7.68. The third-order valence-electron chi connectivity index (χ3n) is 18.7. The Morgan fingerprint density at radius 1 is 0.656 bits per heavy atom. The minimum atomic E-state index is -2.46. The number of amides is 1. The second-order valence-electron chi connectivity index (χ2n) is 26.0. The summed E-state index contributed by atoms with van der Waals surface area (Å²) < 4.78 is 37.5. The van der Waals surface area contributed by atoms with Gasteiger partial charge in [0.25, 0.3) is 5.91 Å². The number of allylic oxidation sites excluding steroid dienone is 10. The van der Waals surface area contributed by atoms with Crippen molar-refractivity contribution in [3.63, 3.8) is 0 Å². The number of unbranched alkanes of at least 4 members (excludes halogenated alkanes) is 1. The second kappa shape index (κ2) is 30.5. The second-order valence-corrected chi connectivity index (χ2v) is 26.0. The number of ether oxygens (including phenoxy) is 6. The van der Waals surface area contributed by atoms with E-state index in [0.717, 1.165) is 70.8 Å². The maximum absolute atomic E-state index is 15.9. The number of aliphatic hydroxyl groups excluding tert-OH is 1. The van der Waals surface area contributed by atoms with E-state index in [1.54, 1.807) is 99.6 Å². The number of nitrogens with one attached hydrogen (secondary N) is 1. The third kappa shape index (κ3) is 16.1. The number of fused-ring (bicyclic) bond motifs is 5. The lowest BCUT2D eigenvalue weighted by atomic mass is 9.44. The van der Waals surface area contributed by atoms with Gasteiger partial charge < -0.3 is 44.0 Å². The zero-order valence-electron chi connectivity index (χ0n) is 54.6. The molecule has 11 atom stereocenters. The van der Waals surface area contributed by atoms with Crippen LogP contribution in [0.1, 0.15) is 192 Å². The molecular formula is C74H93NO15. The van der Waals surface area contributed by atoms with Crippen molar-refractivity contribution in [1.29, 1.82) is 0 Å². The van der Waals surface area contributed by atoms with Gasteiger partial charge in [0.1, 0.15) is 30.0 Å². The summed E-state index contributed by atoms with van der Waals surface area (Å²) in [6.07, 6.45) is 8.45. The van der Waals surface area contributed by atoms with Crippen LogP contribution < -0.4 is 5.32 Å². The molecule has 0 radical (unpaired) electrons. The van der Waals surface area contributed by atoms with E-state index in [1.807, 2.05) is 6.92 Å². The summed E-state index contributed by atoms with van der Waals surface area (Å²) in [7, 11) is 0. The number of rotatable bonds is 26. The van der Waals surface area contributed by atoms with Gasteiger partial charge in [-0.2, -0.15) is 0 Å². The molecule has 0 unspecified atom stereocenters. The molecular weight excluding hydrogens is 1140 g/mol. The molecule has 16 nitrogen and oxygen atoms in total. The normalized spacial score (nSPS) is 26.4. The molecule has 3 N–H and O–H groups in total. The van der Waals surface area contributed by atoms with E-state index in [9.17, 15) is 34.2 Å². The molecule has 1 heterocycles. The maximum Gasteiger partial charge on any atom is 0.350 e. The van der Waals surface area contributed by atoms with Gasteiger partial charge in [0.15, 0.2) is 17.5 Å². The summed E-state index contributed by atoms with van der Waals surface area (Å²) in [4.78, 5) is 101. The first-order valence-corrected chi connectivity index (χ1v) is 31.6. The molecule has 7 rings (SSSR count). The minimum Gasteiger partial charge on any atom is -0.455 e. The maximum atomic E-state index is 15.9. The van der Waals surface area contributed by atoms with Crippen molar-refractivity contribution in [3.8, 4) is 0 Å². The van der Waals surface area contributed by atoms with Crippen LogP contribution in [0.25, 0.3) is 0 Å². The van der Waals surface area contributed by atoms with Crippen LogP contribution in [0.3, 0.4) is 0 Å². The van der Waals surface area contributed by atoms with Crippen LogP contribution >= 0.6 is 0 Å². The number of carbonyl (C=O) groups excluding carboxylic acids is 7. The van der Waals surface area contributed by atoms with Gasteiger partial charge in [0.05, 0.1) is 29.6 Å². The summed E-state index contributed by atoms with van der Waals surface area (Å²) >= 11 is 0. The first-order chi connectivity index (χ1) is 42.6. The van der Waals surface area contributed by atoms with Crippen LogP contribution in [-0.4, -0.2) is 106 Å². The van der Waals surface area contributed by atoms with Gasteiger partial charge in [0.2, 0.25) is 6.10 Å². The molecule has 4 aliphatic rings. The lowest BCUT2D eigenvalue weighted by molar-refractivity contribution is -0.346. The van der Waals surface area contributed by atoms with Crippen molar-refractivity contribution < 1.29 is 72.2 Å². The fraction of sp³-hybridized carbons (Fsp3) is 0.500. The van der Waals surface area contributed by atoms with Crippen LogP contribution in [-0.2, 0) is 52.4 Å². The van der Waals surface area contributed by atoms with E-state index >= 15 is 9.59 Å². The molecule has 2 saturated carbocycles. The smallest absolute Gasteiger partial charge is 0.350 e. The van der Waals surface area contributed by atoms with Gasteiger partial charge in [-0.3, -0.25) is 24.0 Å². The molecule has 484 valence electrons. The molecule has 1 saturated heterocycles. The zero-order chi connectivity index (χ0) is 65.7.